The molecule has 4 fully saturated rings. The zero-order valence-corrected chi connectivity index (χ0v) is 41.7. The first kappa shape index (κ1) is 50.5. The second-order valence-electron chi connectivity index (χ2n) is 19.6. The molecule has 6 heterocycles. The molecule has 2 aliphatic heterocycles. The predicted octanol–water partition coefficient (Wildman–Crippen LogP) is 10.0. The highest BCUT2D eigenvalue weighted by Gasteiger charge is 2.69. The summed E-state index contributed by atoms with van der Waals surface area (Å²) >= 11 is 12.6. The summed E-state index contributed by atoms with van der Waals surface area (Å²) in [5, 5.41) is 24.5. The lowest BCUT2D eigenvalue weighted by molar-refractivity contribution is -0.171. The average molecular weight is 1030 g/mol. The lowest BCUT2D eigenvalue weighted by Gasteiger charge is -2.47. The van der Waals surface area contributed by atoms with Gasteiger partial charge in [0.15, 0.2) is 11.6 Å². The van der Waals surface area contributed by atoms with Gasteiger partial charge >= 0.3 is 11.9 Å². The number of alkyl halides is 4. The van der Waals surface area contributed by atoms with E-state index in [1.165, 1.54) is 23.3 Å². The number of carbonyl (C=O) groups excluding carboxylic acids is 2. The molecule has 14 nitrogen and oxygen atoms in total. The zero-order chi connectivity index (χ0) is 51.3. The summed E-state index contributed by atoms with van der Waals surface area (Å²) in [6.45, 7) is 6.60. The number of cyclic esters (lactones) is 2. The fourth-order valence-corrected chi connectivity index (χ4v) is 12.0. The van der Waals surface area contributed by atoms with Crippen LogP contribution in [0.25, 0.3) is 34.4 Å². The highest BCUT2D eigenvalue weighted by Crippen LogP contribution is 2.62. The van der Waals surface area contributed by atoms with E-state index in [2.05, 4.69) is 40.9 Å². The Morgan fingerprint density at radius 2 is 1.12 bits per heavy atom. The maximum absolute atomic E-state index is 15.4. The molecule has 6 aromatic rings. The number of aromatic nitrogens is 10. The van der Waals surface area contributed by atoms with Gasteiger partial charge in [0.05, 0.1) is 29.3 Å². The van der Waals surface area contributed by atoms with E-state index in [9.17, 15) is 9.59 Å². The smallest absolute Gasteiger partial charge is 0.313 e. The zero-order valence-electron chi connectivity index (χ0n) is 40.2. The number of aryl methyl sites for hydroxylation is 2. The van der Waals surface area contributed by atoms with Crippen LogP contribution in [0.1, 0.15) is 63.6 Å². The number of carbonyl (C=O) groups is 2. The van der Waals surface area contributed by atoms with Crippen molar-refractivity contribution in [1.82, 2.24) is 50.4 Å². The number of allylic oxidation sites excluding steroid dienone is 2. The summed E-state index contributed by atoms with van der Waals surface area (Å²) in [5.74, 6) is -11.0. The highest BCUT2D eigenvalue weighted by molar-refractivity contribution is 6.33. The topological polar surface area (TPSA) is 166 Å². The molecular weight excluding hydrogens is 976 g/mol. The molecule has 2 saturated carbocycles. The fourth-order valence-electron chi connectivity index (χ4n) is 11.6. The Hall–Kier alpha value is -6.40. The molecule has 4 aliphatic rings. The van der Waals surface area contributed by atoms with Gasteiger partial charge < -0.3 is 9.47 Å². The first-order chi connectivity index (χ1) is 34.2. The van der Waals surface area contributed by atoms with Crippen LogP contribution in [0.4, 0.5) is 17.6 Å². The van der Waals surface area contributed by atoms with Crippen LogP contribution in [-0.4, -0.2) is 86.4 Å². The lowest BCUT2D eigenvalue weighted by Crippen LogP contribution is -2.54. The average Bonchev–Trinajstić information content (AvgIpc) is 4.07. The molecule has 0 spiro atoms. The quantitative estimate of drug-likeness (QED) is 0.0943. The summed E-state index contributed by atoms with van der Waals surface area (Å²) in [6, 6.07) is 22.4. The number of rotatable bonds is 10. The number of pyridine rings is 2. The molecule has 0 unspecified atom stereocenters. The Bertz CT molecular complexity index is 3030. The molecular formula is C52H52Cl2F4N10O4. The van der Waals surface area contributed by atoms with Crippen molar-refractivity contribution in [3.8, 4) is 22.3 Å². The van der Waals surface area contributed by atoms with Crippen molar-refractivity contribution in [1.29, 1.82) is 0 Å². The SMILES string of the molecule is C[C@H]1OC(=O)[C@]2(Cc3nnn(C)n3)CC(F)(F)[C@@H](C)[C@H](/C=C/c3ccc(-c4ccccc4Cl)cn3)[C@H]12.C[C@H]1OC(=O)[C@]2(Cc3nnnn3C)CC(F)(F)[C@@H](C)[C@H](/C=C/c3ccc(-c4ccccc4Cl)cn3)[C@H]12. The Morgan fingerprint density at radius 1 is 0.653 bits per heavy atom. The standard InChI is InChI=1S/2C26H26ClF2N5O2/c1-15-19(11-10-18-9-8-17(13-30-18)20-6-4-5-7-21(20)27)23-16(2)36-24(35)25(23,14-26(15,28)29)12-22-31-32-33-34(22)3;1-15-19(11-10-18-9-8-17(13-30-18)20-6-4-5-7-21(20)27)23-16(2)36-24(35)25(23,14-26(15,28)29)12-22-31-33-34(3)32-22/h2*4-11,13,15-16,19,23H,12,14H2,1-3H3/b2*11-10+/t2*15-,16+,19-,23-,25+/m00/s1. The Labute approximate surface area is 423 Å². The second kappa shape index (κ2) is 19.6. The number of benzene rings is 2. The minimum atomic E-state index is -3.09. The molecule has 20 heteroatoms. The van der Waals surface area contributed by atoms with Crippen LogP contribution >= 0.6 is 23.2 Å². The minimum absolute atomic E-state index is 0.0121. The van der Waals surface area contributed by atoms with E-state index in [4.69, 9.17) is 32.7 Å². The molecule has 2 saturated heterocycles. The Kier molecular flexibility index (Phi) is 13.7. The Balaban J connectivity index is 0.000000178. The van der Waals surface area contributed by atoms with Crippen molar-refractivity contribution in [2.75, 3.05) is 0 Å². The van der Waals surface area contributed by atoms with Gasteiger partial charge in [0.2, 0.25) is 0 Å². The monoisotopic (exact) mass is 1030 g/mol. The maximum atomic E-state index is 15.4. The van der Waals surface area contributed by atoms with Crippen molar-refractivity contribution in [2.24, 2.45) is 60.4 Å². The van der Waals surface area contributed by atoms with Gasteiger partial charge in [0.1, 0.15) is 12.2 Å². The van der Waals surface area contributed by atoms with Crippen molar-refractivity contribution >= 4 is 47.3 Å². The lowest BCUT2D eigenvalue weighted by atomic mass is 9.55. The molecule has 10 atom stereocenters. The largest absolute Gasteiger partial charge is 0.462 e. The van der Waals surface area contributed by atoms with Crippen LogP contribution in [-0.2, 0) is 46.0 Å². The third kappa shape index (κ3) is 9.43. The third-order valence-corrected chi connectivity index (χ3v) is 15.9. The number of esters is 2. The normalized spacial score (nSPS) is 29.3. The molecule has 2 aliphatic carbocycles. The van der Waals surface area contributed by atoms with Gasteiger partial charge in [-0.3, -0.25) is 19.6 Å². The number of hydrogen-bond acceptors (Lipinski definition) is 12. The molecule has 72 heavy (non-hydrogen) atoms. The first-order valence-corrected chi connectivity index (χ1v) is 24.4. The molecule has 0 N–H and O–H groups in total. The van der Waals surface area contributed by atoms with Crippen LogP contribution in [0.15, 0.2) is 97.3 Å². The van der Waals surface area contributed by atoms with Gasteiger partial charge in [0, 0.05) is 101 Å². The first-order valence-electron chi connectivity index (χ1n) is 23.6. The van der Waals surface area contributed by atoms with Crippen LogP contribution < -0.4 is 0 Å². The second-order valence-corrected chi connectivity index (χ2v) is 20.4. The highest BCUT2D eigenvalue weighted by atomic mass is 35.5. The van der Waals surface area contributed by atoms with Gasteiger partial charge in [-0.05, 0) is 77.7 Å². The molecule has 376 valence electrons. The number of halogens is 6. The number of nitrogens with zero attached hydrogens (tertiary/aromatic N) is 10. The third-order valence-electron chi connectivity index (χ3n) is 15.2. The van der Waals surface area contributed by atoms with Gasteiger partial charge in [-0.15, -0.1) is 15.3 Å². The summed E-state index contributed by atoms with van der Waals surface area (Å²) in [5.41, 5.74) is 1.81. The van der Waals surface area contributed by atoms with Crippen molar-refractivity contribution in [3.63, 3.8) is 0 Å². The van der Waals surface area contributed by atoms with E-state index in [1.54, 1.807) is 64.6 Å². The predicted molar refractivity (Wildman–Crippen MR) is 260 cm³/mol. The van der Waals surface area contributed by atoms with Crippen LogP contribution in [0, 0.1) is 46.3 Å². The van der Waals surface area contributed by atoms with Crippen LogP contribution in [0.2, 0.25) is 10.0 Å². The molecule has 4 aromatic heterocycles. The number of tetrazole rings is 2. The Morgan fingerprint density at radius 3 is 1.53 bits per heavy atom. The van der Waals surface area contributed by atoms with E-state index in [0.717, 1.165) is 22.3 Å². The van der Waals surface area contributed by atoms with E-state index in [0.29, 0.717) is 27.3 Å². The van der Waals surface area contributed by atoms with Crippen molar-refractivity contribution in [2.45, 2.75) is 77.4 Å². The minimum Gasteiger partial charge on any atom is -0.462 e. The van der Waals surface area contributed by atoms with Gasteiger partial charge in [-0.25, -0.2) is 22.2 Å². The summed E-state index contributed by atoms with van der Waals surface area (Å²) in [7, 11) is 3.22. The molecule has 0 amide bonds. The van der Waals surface area contributed by atoms with E-state index in [-0.39, 0.29) is 18.7 Å². The van der Waals surface area contributed by atoms with Gasteiger partial charge in [0.25, 0.3) is 11.8 Å². The van der Waals surface area contributed by atoms with Crippen molar-refractivity contribution in [3.05, 3.63) is 130 Å². The van der Waals surface area contributed by atoms with Gasteiger partial charge in [-0.2, -0.15) is 4.80 Å². The van der Waals surface area contributed by atoms with Crippen LogP contribution in [0.3, 0.4) is 0 Å². The fraction of sp³-hybridized carbons (Fsp3) is 0.423. The molecule has 2 aromatic carbocycles. The number of ether oxygens (including phenoxy) is 2. The van der Waals surface area contributed by atoms with Gasteiger partial charge in [-0.1, -0.05) is 97.7 Å². The molecule has 0 radical (unpaired) electrons. The van der Waals surface area contributed by atoms with E-state index in [1.807, 2.05) is 72.8 Å². The van der Waals surface area contributed by atoms with E-state index < -0.39 is 95.2 Å². The summed E-state index contributed by atoms with van der Waals surface area (Å²) < 4.78 is 74.3. The summed E-state index contributed by atoms with van der Waals surface area (Å²) in [4.78, 5) is 36.4. The molecule has 10 rings (SSSR count). The summed E-state index contributed by atoms with van der Waals surface area (Å²) in [6.07, 6.45) is 8.06. The van der Waals surface area contributed by atoms with Crippen LogP contribution in [0.5, 0.6) is 0 Å². The number of hydrogen-bond donors (Lipinski definition) is 0. The number of fused-ring (bicyclic) bond motifs is 2. The van der Waals surface area contributed by atoms with E-state index >= 15 is 17.6 Å². The molecule has 0 bridgehead atoms. The van der Waals surface area contributed by atoms with Crippen molar-refractivity contribution < 1.29 is 36.6 Å². The maximum Gasteiger partial charge on any atom is 0.313 e.